The predicted octanol–water partition coefficient (Wildman–Crippen LogP) is 2.24. The molecule has 0 saturated heterocycles. The average Bonchev–Trinajstić information content (AvgIpc) is 2.77. The number of nitrogens with one attached hydrogen (secondary N) is 1. The monoisotopic (exact) mass is 264 g/mol. The number of thiophene rings is 1. The van der Waals surface area contributed by atoms with Crippen LogP contribution in [0.4, 0.5) is 9.39 Å². The molecule has 0 aliphatic carbocycles. The van der Waals surface area contributed by atoms with Gasteiger partial charge in [-0.15, -0.1) is 11.3 Å². The lowest BCUT2D eigenvalue weighted by Gasteiger charge is -2.04. The van der Waals surface area contributed by atoms with Crippen LogP contribution in [-0.2, 0) is 0 Å². The first-order valence-corrected chi connectivity index (χ1v) is 5.90. The van der Waals surface area contributed by atoms with Crippen molar-refractivity contribution < 1.29 is 14.0 Å². The number of carbonyl (C=O) groups is 2. The van der Waals surface area contributed by atoms with Crippen molar-refractivity contribution in [2.45, 2.75) is 0 Å². The Morgan fingerprint density at radius 1 is 1.28 bits per heavy atom. The molecule has 0 spiro atoms. The zero-order chi connectivity index (χ0) is 13.1. The maximum Gasteiger partial charge on any atom is 0.256 e. The van der Waals surface area contributed by atoms with Gasteiger partial charge in [0, 0.05) is 5.56 Å². The molecule has 0 atom stereocenters. The second kappa shape index (κ2) is 4.97. The van der Waals surface area contributed by atoms with Crippen LogP contribution in [-0.4, -0.2) is 11.8 Å². The first-order valence-electron chi connectivity index (χ1n) is 5.02. The molecule has 0 bridgehead atoms. The van der Waals surface area contributed by atoms with Crippen LogP contribution in [0, 0.1) is 5.82 Å². The van der Waals surface area contributed by atoms with Crippen molar-refractivity contribution in [3.05, 3.63) is 52.7 Å². The quantitative estimate of drug-likeness (QED) is 0.892. The molecule has 18 heavy (non-hydrogen) atoms. The maximum absolute atomic E-state index is 13.0. The number of primary amides is 1. The summed E-state index contributed by atoms with van der Waals surface area (Å²) < 4.78 is 13.0. The zero-order valence-corrected chi connectivity index (χ0v) is 9.96. The van der Waals surface area contributed by atoms with Gasteiger partial charge in [-0.1, -0.05) is 6.07 Å². The molecule has 0 aliphatic rings. The highest BCUT2D eigenvalue weighted by Gasteiger charge is 2.13. The Morgan fingerprint density at radius 3 is 2.72 bits per heavy atom. The van der Waals surface area contributed by atoms with Crippen LogP contribution in [0.25, 0.3) is 0 Å². The fourth-order valence-electron chi connectivity index (χ4n) is 1.41. The first kappa shape index (κ1) is 12.3. The molecular formula is C12H9FN2O2S. The Hall–Kier alpha value is -2.21. The second-order valence-electron chi connectivity index (χ2n) is 3.49. The number of nitrogens with two attached hydrogens (primary N) is 1. The van der Waals surface area contributed by atoms with E-state index < -0.39 is 17.6 Å². The van der Waals surface area contributed by atoms with Gasteiger partial charge in [-0.2, -0.15) is 0 Å². The Balaban J connectivity index is 2.21. The van der Waals surface area contributed by atoms with Crippen LogP contribution in [0.3, 0.4) is 0 Å². The number of amides is 2. The molecular weight excluding hydrogens is 255 g/mol. The van der Waals surface area contributed by atoms with Crippen molar-refractivity contribution in [2.24, 2.45) is 5.73 Å². The Labute approximate surface area is 106 Å². The summed E-state index contributed by atoms with van der Waals surface area (Å²) in [4.78, 5) is 22.9. The largest absolute Gasteiger partial charge is 0.366 e. The van der Waals surface area contributed by atoms with Gasteiger partial charge in [0.05, 0.1) is 5.56 Å². The molecule has 2 aromatic rings. The van der Waals surface area contributed by atoms with Gasteiger partial charge in [0.15, 0.2) is 0 Å². The number of halogens is 1. The van der Waals surface area contributed by atoms with Gasteiger partial charge in [0.25, 0.3) is 11.8 Å². The third kappa shape index (κ3) is 2.54. The van der Waals surface area contributed by atoms with Crippen LogP contribution in [0.1, 0.15) is 20.7 Å². The van der Waals surface area contributed by atoms with Crippen LogP contribution < -0.4 is 11.1 Å². The fraction of sp³-hybridized carbons (Fsp3) is 0. The van der Waals surface area contributed by atoms with Gasteiger partial charge in [0.1, 0.15) is 10.8 Å². The molecule has 1 aromatic carbocycles. The standard InChI is InChI=1S/C12H9FN2O2S/c13-8-3-1-2-7(6-8)11(17)15-12-9(10(14)16)4-5-18-12/h1-6H,(H2,14,16)(H,15,17). The smallest absolute Gasteiger partial charge is 0.256 e. The summed E-state index contributed by atoms with van der Waals surface area (Å²) in [5.74, 6) is -1.60. The molecule has 2 rings (SSSR count). The molecule has 0 aliphatic heterocycles. The lowest BCUT2D eigenvalue weighted by molar-refractivity contribution is 0.100. The first-order chi connectivity index (χ1) is 8.58. The van der Waals surface area contributed by atoms with Crippen LogP contribution in [0.2, 0.25) is 0 Å². The summed E-state index contributed by atoms with van der Waals surface area (Å²) in [6.07, 6.45) is 0. The molecule has 0 unspecified atom stereocenters. The topological polar surface area (TPSA) is 72.2 Å². The average molecular weight is 264 g/mol. The van der Waals surface area contributed by atoms with Crippen molar-refractivity contribution >= 4 is 28.2 Å². The van der Waals surface area contributed by atoms with Gasteiger partial charge in [0.2, 0.25) is 0 Å². The van der Waals surface area contributed by atoms with Crippen LogP contribution >= 0.6 is 11.3 Å². The highest BCUT2D eigenvalue weighted by Crippen LogP contribution is 2.23. The SMILES string of the molecule is NC(=O)c1ccsc1NC(=O)c1cccc(F)c1. The van der Waals surface area contributed by atoms with E-state index in [9.17, 15) is 14.0 Å². The van der Waals surface area contributed by atoms with Crippen LogP contribution in [0.15, 0.2) is 35.7 Å². The highest BCUT2D eigenvalue weighted by molar-refractivity contribution is 7.14. The minimum atomic E-state index is -0.620. The summed E-state index contributed by atoms with van der Waals surface area (Å²) in [6, 6.07) is 6.81. The minimum Gasteiger partial charge on any atom is -0.366 e. The Morgan fingerprint density at radius 2 is 2.06 bits per heavy atom. The van der Waals surface area contributed by atoms with E-state index >= 15 is 0 Å². The lowest BCUT2D eigenvalue weighted by atomic mass is 10.2. The summed E-state index contributed by atoms with van der Waals surface area (Å²) in [5, 5.41) is 4.53. The number of rotatable bonds is 3. The minimum absolute atomic E-state index is 0.179. The molecule has 4 nitrogen and oxygen atoms in total. The lowest BCUT2D eigenvalue weighted by Crippen LogP contribution is -2.16. The predicted molar refractivity (Wildman–Crippen MR) is 67.2 cm³/mol. The Kier molecular flexibility index (Phi) is 3.38. The van der Waals surface area contributed by atoms with E-state index in [0.717, 1.165) is 6.07 Å². The van der Waals surface area contributed by atoms with Gasteiger partial charge in [-0.25, -0.2) is 4.39 Å². The van der Waals surface area contributed by atoms with E-state index in [1.165, 1.54) is 35.6 Å². The molecule has 2 amide bonds. The van der Waals surface area contributed by atoms with Crippen molar-refractivity contribution in [1.29, 1.82) is 0 Å². The molecule has 0 fully saturated rings. The van der Waals surface area contributed by atoms with Crippen molar-refractivity contribution in [3.63, 3.8) is 0 Å². The molecule has 1 heterocycles. The summed E-state index contributed by atoms with van der Waals surface area (Å²) in [6.45, 7) is 0. The molecule has 0 radical (unpaired) electrons. The van der Waals surface area contributed by atoms with E-state index in [1.54, 1.807) is 5.38 Å². The molecule has 0 saturated carbocycles. The van der Waals surface area contributed by atoms with E-state index in [-0.39, 0.29) is 11.1 Å². The highest BCUT2D eigenvalue weighted by atomic mass is 32.1. The summed E-state index contributed by atoms with van der Waals surface area (Å²) in [5.41, 5.74) is 5.57. The van der Waals surface area contributed by atoms with Gasteiger partial charge in [-0.05, 0) is 29.6 Å². The van der Waals surface area contributed by atoms with E-state index in [4.69, 9.17) is 5.73 Å². The third-order valence-electron chi connectivity index (χ3n) is 2.24. The van der Waals surface area contributed by atoms with Gasteiger partial charge < -0.3 is 11.1 Å². The fourth-order valence-corrected chi connectivity index (χ4v) is 2.19. The number of hydrogen-bond acceptors (Lipinski definition) is 3. The summed E-state index contributed by atoms with van der Waals surface area (Å²) in [7, 11) is 0. The normalized spacial score (nSPS) is 10.1. The van der Waals surface area contributed by atoms with Crippen molar-refractivity contribution in [1.82, 2.24) is 0 Å². The van der Waals surface area contributed by atoms with Gasteiger partial charge in [-0.3, -0.25) is 9.59 Å². The van der Waals surface area contributed by atoms with E-state index in [1.807, 2.05) is 0 Å². The maximum atomic E-state index is 13.0. The molecule has 6 heteroatoms. The van der Waals surface area contributed by atoms with E-state index in [0.29, 0.717) is 5.00 Å². The number of benzene rings is 1. The second-order valence-corrected chi connectivity index (χ2v) is 4.41. The van der Waals surface area contributed by atoms with E-state index in [2.05, 4.69) is 5.32 Å². The zero-order valence-electron chi connectivity index (χ0n) is 9.14. The summed E-state index contributed by atoms with van der Waals surface area (Å²) >= 11 is 1.18. The van der Waals surface area contributed by atoms with Crippen molar-refractivity contribution in [3.8, 4) is 0 Å². The Bertz CT molecular complexity index is 610. The molecule has 3 N–H and O–H groups in total. The number of hydrogen-bond donors (Lipinski definition) is 2. The molecule has 92 valence electrons. The van der Waals surface area contributed by atoms with Crippen LogP contribution in [0.5, 0.6) is 0 Å². The molecule has 1 aromatic heterocycles. The van der Waals surface area contributed by atoms with Gasteiger partial charge >= 0.3 is 0 Å². The number of anilines is 1. The van der Waals surface area contributed by atoms with Crippen molar-refractivity contribution in [2.75, 3.05) is 5.32 Å². The number of carbonyl (C=O) groups excluding carboxylic acids is 2. The third-order valence-corrected chi connectivity index (χ3v) is 3.07.